The summed E-state index contributed by atoms with van der Waals surface area (Å²) >= 11 is 0. The molecular formula is C24H41N5O2. The third-order valence-electron chi connectivity index (χ3n) is 5.36. The molecule has 1 fully saturated rings. The molecule has 1 aromatic carbocycles. The molecule has 0 bridgehead atoms. The van der Waals surface area contributed by atoms with Gasteiger partial charge in [0.25, 0.3) is 5.91 Å². The zero-order chi connectivity index (χ0) is 22.5. The quantitative estimate of drug-likeness (QED) is 0.312. The van der Waals surface area contributed by atoms with Crippen LogP contribution < -0.4 is 20.7 Å². The topological polar surface area (TPSA) is 78.0 Å². The number of aliphatic imine (C=N–C) groups is 1. The van der Waals surface area contributed by atoms with Crippen molar-refractivity contribution in [1.82, 2.24) is 20.9 Å². The van der Waals surface area contributed by atoms with Crippen molar-refractivity contribution in [3.63, 3.8) is 0 Å². The summed E-state index contributed by atoms with van der Waals surface area (Å²) in [6.07, 6.45) is 4.43. The minimum atomic E-state index is -0.0560. The molecule has 1 amide bonds. The van der Waals surface area contributed by atoms with E-state index in [0.717, 1.165) is 57.0 Å². The van der Waals surface area contributed by atoms with Crippen LogP contribution in [0.1, 0.15) is 58.9 Å². The van der Waals surface area contributed by atoms with Gasteiger partial charge in [-0.05, 0) is 76.9 Å². The van der Waals surface area contributed by atoms with E-state index in [1.165, 1.54) is 6.42 Å². The van der Waals surface area contributed by atoms with Crippen LogP contribution in [0.3, 0.4) is 0 Å². The maximum absolute atomic E-state index is 11.8. The first-order chi connectivity index (χ1) is 15.0. The van der Waals surface area contributed by atoms with Crippen LogP contribution >= 0.6 is 0 Å². The largest absolute Gasteiger partial charge is 0.484 e. The SMILES string of the molecule is CCNC(=NCc1cccc(OCC(=O)NC2CC2)c1)NC(C)CCCN(CC)CC. The van der Waals surface area contributed by atoms with Gasteiger partial charge in [-0.2, -0.15) is 0 Å². The normalized spacial score (nSPS) is 14.9. The van der Waals surface area contributed by atoms with Crippen LogP contribution in [0.15, 0.2) is 29.3 Å². The van der Waals surface area contributed by atoms with E-state index < -0.39 is 0 Å². The number of ether oxygens (including phenoxy) is 1. The maximum Gasteiger partial charge on any atom is 0.258 e. The van der Waals surface area contributed by atoms with E-state index in [0.29, 0.717) is 24.4 Å². The predicted molar refractivity (Wildman–Crippen MR) is 128 cm³/mol. The Labute approximate surface area is 188 Å². The van der Waals surface area contributed by atoms with Crippen LogP contribution in [0.4, 0.5) is 0 Å². The van der Waals surface area contributed by atoms with E-state index in [9.17, 15) is 4.79 Å². The van der Waals surface area contributed by atoms with Crippen LogP contribution in [-0.2, 0) is 11.3 Å². The van der Waals surface area contributed by atoms with Gasteiger partial charge in [0.2, 0.25) is 0 Å². The molecule has 0 aliphatic heterocycles. The number of carbonyl (C=O) groups is 1. The molecule has 7 nitrogen and oxygen atoms in total. The van der Waals surface area contributed by atoms with Crippen molar-refractivity contribution in [3.8, 4) is 5.75 Å². The summed E-state index contributed by atoms with van der Waals surface area (Å²) in [5.41, 5.74) is 1.05. The number of guanidine groups is 1. The fourth-order valence-electron chi connectivity index (χ4n) is 3.34. The molecule has 0 heterocycles. The molecule has 3 N–H and O–H groups in total. The Morgan fingerprint density at radius 3 is 2.71 bits per heavy atom. The predicted octanol–water partition coefficient (Wildman–Crippen LogP) is 2.91. The third kappa shape index (κ3) is 10.5. The highest BCUT2D eigenvalue weighted by molar-refractivity contribution is 5.80. The van der Waals surface area contributed by atoms with Crippen molar-refractivity contribution in [2.24, 2.45) is 4.99 Å². The van der Waals surface area contributed by atoms with Gasteiger partial charge in [0.1, 0.15) is 5.75 Å². The molecular weight excluding hydrogens is 390 g/mol. The molecule has 1 saturated carbocycles. The number of benzene rings is 1. The fourth-order valence-corrected chi connectivity index (χ4v) is 3.34. The van der Waals surface area contributed by atoms with Crippen molar-refractivity contribution in [2.45, 2.75) is 72.0 Å². The van der Waals surface area contributed by atoms with Crippen LogP contribution in [0, 0.1) is 0 Å². The second-order valence-corrected chi connectivity index (χ2v) is 8.19. The van der Waals surface area contributed by atoms with E-state index >= 15 is 0 Å². The lowest BCUT2D eigenvalue weighted by Gasteiger charge is -2.21. The van der Waals surface area contributed by atoms with Gasteiger partial charge >= 0.3 is 0 Å². The molecule has 1 aliphatic carbocycles. The van der Waals surface area contributed by atoms with Crippen LogP contribution in [-0.4, -0.2) is 61.6 Å². The smallest absolute Gasteiger partial charge is 0.258 e. The number of amides is 1. The molecule has 2 rings (SSSR count). The van der Waals surface area contributed by atoms with Gasteiger partial charge in [-0.1, -0.05) is 26.0 Å². The van der Waals surface area contributed by atoms with Crippen molar-refractivity contribution >= 4 is 11.9 Å². The van der Waals surface area contributed by atoms with Crippen LogP contribution in [0.25, 0.3) is 0 Å². The standard InChI is InChI=1S/C24H41N5O2/c1-5-25-24(27-19(4)10-9-15-29(6-2)7-3)26-17-20-11-8-12-22(16-20)31-18-23(30)28-21-13-14-21/h8,11-12,16,19,21H,5-7,9-10,13-15,17-18H2,1-4H3,(H,28,30)(H2,25,26,27). The second kappa shape index (κ2) is 13.9. The van der Waals surface area contributed by atoms with Gasteiger partial charge in [0.15, 0.2) is 12.6 Å². The summed E-state index contributed by atoms with van der Waals surface area (Å²) in [6.45, 7) is 13.5. The van der Waals surface area contributed by atoms with Gasteiger partial charge < -0.3 is 25.6 Å². The Kier molecular flexibility index (Phi) is 11.2. The van der Waals surface area contributed by atoms with Gasteiger partial charge in [-0.25, -0.2) is 4.99 Å². The van der Waals surface area contributed by atoms with Gasteiger partial charge in [-0.3, -0.25) is 4.79 Å². The minimum Gasteiger partial charge on any atom is -0.484 e. The van der Waals surface area contributed by atoms with Crippen LogP contribution in [0.5, 0.6) is 5.75 Å². The Bertz CT molecular complexity index is 686. The number of nitrogens with one attached hydrogen (secondary N) is 3. The molecule has 0 radical (unpaired) electrons. The molecule has 0 saturated heterocycles. The average molecular weight is 432 g/mol. The first-order valence-corrected chi connectivity index (χ1v) is 11.8. The molecule has 1 unspecified atom stereocenters. The van der Waals surface area contributed by atoms with Crippen molar-refractivity contribution < 1.29 is 9.53 Å². The molecule has 0 aromatic heterocycles. The Morgan fingerprint density at radius 1 is 1.26 bits per heavy atom. The highest BCUT2D eigenvalue weighted by atomic mass is 16.5. The Hall–Kier alpha value is -2.28. The van der Waals surface area contributed by atoms with Crippen LogP contribution in [0.2, 0.25) is 0 Å². The minimum absolute atomic E-state index is 0.0540. The van der Waals surface area contributed by atoms with Gasteiger partial charge in [0, 0.05) is 18.6 Å². The lowest BCUT2D eigenvalue weighted by atomic mass is 10.2. The number of carbonyl (C=O) groups excluding carboxylic acids is 1. The number of hydrogen-bond acceptors (Lipinski definition) is 4. The summed E-state index contributed by atoms with van der Waals surface area (Å²) in [4.78, 5) is 19.0. The molecule has 1 aromatic rings. The number of nitrogens with zero attached hydrogens (tertiary/aromatic N) is 2. The second-order valence-electron chi connectivity index (χ2n) is 8.19. The van der Waals surface area contributed by atoms with E-state index in [1.54, 1.807) is 0 Å². The molecule has 0 spiro atoms. The van der Waals surface area contributed by atoms with Gasteiger partial charge in [-0.15, -0.1) is 0 Å². The van der Waals surface area contributed by atoms with E-state index in [1.807, 2.05) is 24.3 Å². The average Bonchev–Trinajstić information content (AvgIpc) is 3.58. The van der Waals surface area contributed by atoms with Crippen molar-refractivity contribution in [2.75, 3.05) is 32.8 Å². The molecule has 1 aliphatic rings. The van der Waals surface area contributed by atoms with E-state index in [2.05, 4.69) is 48.5 Å². The zero-order valence-electron chi connectivity index (χ0n) is 19.7. The summed E-state index contributed by atoms with van der Waals surface area (Å²) in [5, 5.41) is 9.77. The Balaban J connectivity index is 1.81. The lowest BCUT2D eigenvalue weighted by molar-refractivity contribution is -0.123. The molecule has 31 heavy (non-hydrogen) atoms. The van der Waals surface area contributed by atoms with E-state index in [4.69, 9.17) is 9.73 Å². The summed E-state index contributed by atoms with van der Waals surface area (Å²) in [6, 6.07) is 8.50. The lowest BCUT2D eigenvalue weighted by Crippen LogP contribution is -2.42. The number of hydrogen-bond donors (Lipinski definition) is 3. The fraction of sp³-hybridized carbons (Fsp3) is 0.667. The summed E-state index contributed by atoms with van der Waals surface area (Å²) in [5.74, 6) is 1.47. The monoisotopic (exact) mass is 431 g/mol. The first kappa shape index (κ1) is 25.0. The summed E-state index contributed by atoms with van der Waals surface area (Å²) < 4.78 is 5.64. The molecule has 1 atom stereocenters. The molecule has 174 valence electrons. The molecule has 7 heteroatoms. The highest BCUT2D eigenvalue weighted by Gasteiger charge is 2.23. The maximum atomic E-state index is 11.8. The van der Waals surface area contributed by atoms with Gasteiger partial charge in [0.05, 0.1) is 6.54 Å². The number of rotatable bonds is 14. The van der Waals surface area contributed by atoms with Crippen molar-refractivity contribution in [3.05, 3.63) is 29.8 Å². The Morgan fingerprint density at radius 2 is 2.03 bits per heavy atom. The zero-order valence-corrected chi connectivity index (χ0v) is 19.7. The summed E-state index contributed by atoms with van der Waals surface area (Å²) in [7, 11) is 0. The highest BCUT2D eigenvalue weighted by Crippen LogP contribution is 2.18. The van der Waals surface area contributed by atoms with E-state index in [-0.39, 0.29) is 12.5 Å². The third-order valence-corrected chi connectivity index (χ3v) is 5.36. The first-order valence-electron chi connectivity index (χ1n) is 11.8. The van der Waals surface area contributed by atoms with Crippen molar-refractivity contribution in [1.29, 1.82) is 0 Å².